The molecule has 0 radical (unpaired) electrons. The van der Waals surface area contributed by atoms with Crippen LogP contribution in [0.2, 0.25) is 0 Å². The summed E-state index contributed by atoms with van der Waals surface area (Å²) in [5.41, 5.74) is 0. The second-order valence-corrected chi connectivity index (χ2v) is 4.98. The lowest BCUT2D eigenvalue weighted by Gasteiger charge is -2.30. The van der Waals surface area contributed by atoms with Crippen LogP contribution in [0.15, 0.2) is 0 Å². The number of rotatable bonds is 6. The summed E-state index contributed by atoms with van der Waals surface area (Å²) in [6.45, 7) is 5.39. The molecule has 1 rings (SSSR count). The average Bonchev–Trinajstić information content (AvgIpc) is 2.35. The van der Waals surface area contributed by atoms with Gasteiger partial charge in [-0.3, -0.25) is 4.79 Å². The van der Waals surface area contributed by atoms with Crippen molar-refractivity contribution in [2.45, 2.75) is 19.1 Å². The van der Waals surface area contributed by atoms with Crippen LogP contribution in [0.5, 0.6) is 0 Å². The van der Waals surface area contributed by atoms with Gasteiger partial charge in [0.25, 0.3) is 0 Å². The first-order chi connectivity index (χ1) is 8.50. The maximum Gasteiger partial charge on any atom is 0.239 e. The van der Waals surface area contributed by atoms with E-state index >= 15 is 0 Å². The minimum absolute atomic E-state index is 0.0790. The number of morpholine rings is 1. The van der Waals surface area contributed by atoms with E-state index in [1.807, 2.05) is 25.9 Å². The zero-order valence-corrected chi connectivity index (χ0v) is 11.6. The Morgan fingerprint density at radius 3 is 2.61 bits per heavy atom. The van der Waals surface area contributed by atoms with Crippen molar-refractivity contribution in [2.24, 2.45) is 0 Å². The van der Waals surface area contributed by atoms with Crippen molar-refractivity contribution in [3.8, 4) is 0 Å². The third kappa shape index (κ3) is 5.30. The third-order valence-corrected chi connectivity index (χ3v) is 2.93. The first kappa shape index (κ1) is 15.4. The van der Waals surface area contributed by atoms with E-state index in [0.717, 1.165) is 0 Å². The highest BCUT2D eigenvalue weighted by Gasteiger charge is 2.22. The first-order valence-corrected chi connectivity index (χ1v) is 6.43. The predicted molar refractivity (Wildman–Crippen MR) is 69.4 cm³/mol. The van der Waals surface area contributed by atoms with Crippen LogP contribution in [0.25, 0.3) is 0 Å². The number of amides is 1. The van der Waals surface area contributed by atoms with Gasteiger partial charge in [-0.2, -0.15) is 0 Å². The van der Waals surface area contributed by atoms with Gasteiger partial charge in [-0.1, -0.05) is 0 Å². The van der Waals surface area contributed by atoms with Crippen molar-refractivity contribution in [1.82, 2.24) is 15.1 Å². The SMILES string of the molecule is CC(NCC(O)CN(C)C)C(=O)N1CCOCC1. The molecule has 0 saturated carbocycles. The number of ether oxygens (including phenoxy) is 1. The van der Waals surface area contributed by atoms with Crippen LogP contribution in [0.4, 0.5) is 0 Å². The molecule has 2 atom stereocenters. The molecule has 0 aromatic heterocycles. The molecule has 18 heavy (non-hydrogen) atoms. The van der Waals surface area contributed by atoms with Gasteiger partial charge in [-0.15, -0.1) is 0 Å². The van der Waals surface area contributed by atoms with Crippen LogP contribution in [0.3, 0.4) is 0 Å². The summed E-state index contributed by atoms with van der Waals surface area (Å²) in [6.07, 6.45) is -0.458. The molecule has 0 bridgehead atoms. The van der Waals surface area contributed by atoms with Gasteiger partial charge in [0.2, 0.25) is 5.91 Å². The van der Waals surface area contributed by atoms with Crippen molar-refractivity contribution in [3.05, 3.63) is 0 Å². The maximum absolute atomic E-state index is 12.0. The van der Waals surface area contributed by atoms with Crippen LogP contribution in [0.1, 0.15) is 6.92 Å². The molecule has 2 unspecified atom stereocenters. The number of carbonyl (C=O) groups excluding carboxylic acids is 1. The molecule has 0 aliphatic carbocycles. The van der Waals surface area contributed by atoms with Gasteiger partial charge in [0.15, 0.2) is 0 Å². The van der Waals surface area contributed by atoms with Crippen LogP contribution < -0.4 is 5.32 Å². The lowest BCUT2D eigenvalue weighted by atomic mass is 10.2. The van der Waals surface area contributed by atoms with Gasteiger partial charge < -0.3 is 25.0 Å². The summed E-state index contributed by atoms with van der Waals surface area (Å²) in [5.74, 6) is 0.0790. The van der Waals surface area contributed by atoms with Crippen LogP contribution in [-0.2, 0) is 9.53 Å². The van der Waals surface area contributed by atoms with E-state index in [9.17, 15) is 9.90 Å². The van der Waals surface area contributed by atoms with E-state index in [1.165, 1.54) is 0 Å². The van der Waals surface area contributed by atoms with Crippen molar-refractivity contribution >= 4 is 5.91 Å². The molecular weight excluding hydrogens is 234 g/mol. The van der Waals surface area contributed by atoms with Crippen molar-refractivity contribution in [3.63, 3.8) is 0 Å². The summed E-state index contributed by atoms with van der Waals surface area (Å²) in [5, 5.41) is 12.8. The molecule has 0 spiro atoms. The van der Waals surface area contributed by atoms with E-state index in [4.69, 9.17) is 4.74 Å². The van der Waals surface area contributed by atoms with Gasteiger partial charge in [-0.05, 0) is 21.0 Å². The Morgan fingerprint density at radius 2 is 2.06 bits per heavy atom. The summed E-state index contributed by atoms with van der Waals surface area (Å²) >= 11 is 0. The summed E-state index contributed by atoms with van der Waals surface area (Å²) in [4.78, 5) is 15.8. The molecule has 0 aromatic rings. The van der Waals surface area contributed by atoms with Gasteiger partial charge in [0.1, 0.15) is 0 Å². The van der Waals surface area contributed by atoms with Crippen molar-refractivity contribution < 1.29 is 14.6 Å². The van der Waals surface area contributed by atoms with Crippen LogP contribution in [0, 0.1) is 0 Å². The Hall–Kier alpha value is -0.690. The molecule has 6 heteroatoms. The Balaban J connectivity index is 2.26. The standard InChI is InChI=1S/C12H25N3O3/c1-10(13-8-11(16)9-14(2)3)12(17)15-4-6-18-7-5-15/h10-11,13,16H,4-9H2,1-3H3. The zero-order chi connectivity index (χ0) is 13.5. The molecule has 1 aliphatic rings. The second kappa shape index (κ2) is 7.68. The third-order valence-electron chi connectivity index (χ3n) is 2.93. The number of hydrogen-bond donors (Lipinski definition) is 2. The monoisotopic (exact) mass is 259 g/mol. The van der Waals surface area contributed by atoms with Gasteiger partial charge in [-0.25, -0.2) is 0 Å². The second-order valence-electron chi connectivity index (χ2n) is 4.98. The molecule has 1 saturated heterocycles. The fraction of sp³-hybridized carbons (Fsp3) is 0.917. The number of hydrogen-bond acceptors (Lipinski definition) is 5. The van der Waals surface area contributed by atoms with Crippen LogP contribution >= 0.6 is 0 Å². The molecule has 106 valence electrons. The number of nitrogens with one attached hydrogen (secondary N) is 1. The number of likely N-dealkylation sites (N-methyl/N-ethyl adjacent to an activating group) is 1. The maximum atomic E-state index is 12.0. The molecular formula is C12H25N3O3. The van der Waals surface area contributed by atoms with E-state index < -0.39 is 6.10 Å². The Kier molecular flexibility index (Phi) is 6.56. The fourth-order valence-corrected chi connectivity index (χ4v) is 1.94. The van der Waals surface area contributed by atoms with Crippen LogP contribution in [-0.4, -0.2) is 86.4 Å². The molecule has 1 heterocycles. The molecule has 6 nitrogen and oxygen atoms in total. The number of carbonyl (C=O) groups is 1. The van der Waals surface area contributed by atoms with E-state index in [0.29, 0.717) is 39.4 Å². The van der Waals surface area contributed by atoms with Gasteiger partial charge in [0, 0.05) is 26.2 Å². The molecule has 1 fully saturated rings. The van der Waals surface area contributed by atoms with Gasteiger partial charge in [0.05, 0.1) is 25.4 Å². The smallest absolute Gasteiger partial charge is 0.239 e. The summed E-state index contributed by atoms with van der Waals surface area (Å²) in [6, 6.07) is -0.264. The number of nitrogens with zero attached hydrogens (tertiary/aromatic N) is 2. The first-order valence-electron chi connectivity index (χ1n) is 6.43. The van der Waals surface area contributed by atoms with E-state index in [-0.39, 0.29) is 11.9 Å². The summed E-state index contributed by atoms with van der Waals surface area (Å²) in [7, 11) is 3.82. The molecule has 1 aliphatic heterocycles. The quantitative estimate of drug-likeness (QED) is 0.624. The lowest BCUT2D eigenvalue weighted by molar-refractivity contribution is -0.137. The highest BCUT2D eigenvalue weighted by atomic mass is 16.5. The Morgan fingerprint density at radius 1 is 1.44 bits per heavy atom. The largest absolute Gasteiger partial charge is 0.390 e. The molecule has 2 N–H and O–H groups in total. The normalized spacial score (nSPS) is 19.9. The summed E-state index contributed by atoms with van der Waals surface area (Å²) < 4.78 is 5.21. The fourth-order valence-electron chi connectivity index (χ4n) is 1.94. The molecule has 0 aromatic carbocycles. The predicted octanol–water partition coefficient (Wildman–Crippen LogP) is -1.25. The highest BCUT2D eigenvalue weighted by Crippen LogP contribution is 2.00. The minimum Gasteiger partial charge on any atom is -0.390 e. The molecule has 1 amide bonds. The van der Waals surface area contributed by atoms with Crippen molar-refractivity contribution in [2.75, 3.05) is 53.5 Å². The van der Waals surface area contributed by atoms with E-state index in [2.05, 4.69) is 5.32 Å². The number of aliphatic hydroxyl groups is 1. The number of aliphatic hydroxyl groups excluding tert-OH is 1. The Labute approximate surface area is 109 Å². The lowest BCUT2D eigenvalue weighted by Crippen LogP contribution is -2.50. The van der Waals surface area contributed by atoms with Gasteiger partial charge >= 0.3 is 0 Å². The Bertz CT molecular complexity index is 255. The zero-order valence-electron chi connectivity index (χ0n) is 11.6. The average molecular weight is 259 g/mol. The highest BCUT2D eigenvalue weighted by molar-refractivity contribution is 5.81. The van der Waals surface area contributed by atoms with E-state index in [1.54, 1.807) is 4.90 Å². The minimum atomic E-state index is -0.458. The van der Waals surface area contributed by atoms with Crippen molar-refractivity contribution in [1.29, 1.82) is 0 Å². The topological polar surface area (TPSA) is 65.0 Å².